The maximum Gasteiger partial charge on any atom is 0.326 e. The van der Waals surface area contributed by atoms with Gasteiger partial charge in [-0.3, -0.25) is 81.5 Å². The fraction of sp³-hybridized carbons (Fsp3) is 0.607. The van der Waals surface area contributed by atoms with Crippen LogP contribution in [0.1, 0.15) is 162 Å². The molecule has 692 valence electrons. The van der Waals surface area contributed by atoms with Gasteiger partial charge in [0.15, 0.2) is 0 Å². The van der Waals surface area contributed by atoms with Gasteiger partial charge in [-0.2, -0.15) is 0 Å². The van der Waals surface area contributed by atoms with E-state index in [0.29, 0.717) is 36.8 Å². The highest BCUT2D eigenvalue weighted by Gasteiger charge is 2.46. The third-order valence-electron chi connectivity index (χ3n) is 22.7. The van der Waals surface area contributed by atoms with Crippen molar-refractivity contribution in [1.29, 1.82) is 0 Å². The number of hydrogen-bond acceptors (Lipinski definition) is 23. The molecule has 4 aliphatic heterocycles. The Kier molecular flexibility index (Phi) is 38.7. The van der Waals surface area contributed by atoms with Gasteiger partial charge in [-0.25, -0.2) is 9.78 Å². The van der Waals surface area contributed by atoms with Crippen molar-refractivity contribution in [3.05, 3.63) is 83.9 Å². The predicted molar refractivity (Wildman–Crippen MR) is 451 cm³/mol. The summed E-state index contributed by atoms with van der Waals surface area (Å²) < 4.78 is 0. The van der Waals surface area contributed by atoms with Crippen LogP contribution in [0.5, 0.6) is 5.75 Å². The van der Waals surface area contributed by atoms with Crippen molar-refractivity contribution in [3.63, 3.8) is 0 Å². The molecule has 7 rings (SSSR count). The number of nitrogens with one attached hydrogen (secondary N) is 12. The Balaban J connectivity index is 1.00. The van der Waals surface area contributed by atoms with Gasteiger partial charge < -0.3 is 121 Å². The summed E-state index contributed by atoms with van der Waals surface area (Å²) in [5, 5.41) is 68.4. The molecule has 2 aromatic carbocycles. The topological polar surface area (TPSA) is 640 Å². The SMILES string of the molecule is CC[C@H](C)[C@H](NC(=O)[C@@H]1CCCN1C(=O)CNC(=O)[C@@H]1CCCN1C(=O)[C@H](Cc1ccccc1)NC(=O)[C@@H]1CCCN1C(=O)[C@H](Cc1ccc(O)cc1)NC(=O)[C@@H](NC(=O)[C@H](CC(C)C)NC(=O)[C@@H](N)CO)C(C)C)C(=O)N[C@@H](Cc1c[nH]cn1)C(=O)N[C@@H](CC(N)=O)C(=O)N[C@@H](CO)C(=O)N[C@@H](CC(C)C)C(=O)N1CCC[C@H]1C(=O)N[C@@H](CCC(N)=O)C(=O)O. The second-order valence-corrected chi connectivity index (χ2v) is 33.7. The number of aliphatic hydroxyl groups is 2. The van der Waals surface area contributed by atoms with E-state index in [1.54, 1.807) is 84.0 Å². The summed E-state index contributed by atoms with van der Waals surface area (Å²) in [7, 11) is 0. The number of primary amides is 2. The minimum Gasteiger partial charge on any atom is -0.508 e. The monoisotopic (exact) mass is 1760 g/mol. The number of carbonyl (C=O) groups excluding carboxylic acids is 17. The van der Waals surface area contributed by atoms with Crippen LogP contribution in [0.15, 0.2) is 67.1 Å². The van der Waals surface area contributed by atoms with Crippen LogP contribution in [0.3, 0.4) is 0 Å². The van der Waals surface area contributed by atoms with E-state index < -0.39 is 235 Å². The average molecular weight is 1770 g/mol. The molecule has 0 saturated carbocycles. The number of amides is 17. The molecule has 0 radical (unpaired) electrons. The number of carboxylic acids is 1. The first kappa shape index (κ1) is 101. The molecule has 0 aliphatic carbocycles. The van der Waals surface area contributed by atoms with Gasteiger partial charge in [0.1, 0.15) is 96.4 Å². The fourth-order valence-electron chi connectivity index (χ4n) is 15.7. The number of aromatic amines is 1. The van der Waals surface area contributed by atoms with Crippen LogP contribution < -0.4 is 75.7 Å². The van der Waals surface area contributed by atoms with Crippen molar-refractivity contribution in [2.75, 3.05) is 45.9 Å². The minimum atomic E-state index is -1.90. The first-order valence-electron chi connectivity index (χ1n) is 42.8. The molecule has 4 fully saturated rings. The van der Waals surface area contributed by atoms with Crippen molar-refractivity contribution in [3.8, 4) is 5.75 Å². The number of benzene rings is 2. The molecule has 126 heavy (non-hydrogen) atoms. The van der Waals surface area contributed by atoms with Crippen LogP contribution in [0.2, 0.25) is 0 Å². The number of aliphatic carboxylic acids is 1. The molecule has 22 N–H and O–H groups in total. The van der Waals surface area contributed by atoms with Crippen molar-refractivity contribution in [2.24, 2.45) is 40.9 Å². The van der Waals surface area contributed by atoms with E-state index in [-0.39, 0.29) is 127 Å². The number of H-pyrrole nitrogens is 1. The largest absolute Gasteiger partial charge is 0.508 e. The van der Waals surface area contributed by atoms with Crippen molar-refractivity contribution >= 4 is 106 Å². The molecule has 4 saturated heterocycles. The van der Waals surface area contributed by atoms with Crippen molar-refractivity contribution < 1.29 is 107 Å². The Morgan fingerprint density at radius 1 is 0.468 bits per heavy atom. The lowest BCUT2D eigenvalue weighted by atomic mass is 9.97. The maximum absolute atomic E-state index is 15.1. The number of aromatic nitrogens is 2. The van der Waals surface area contributed by atoms with E-state index in [2.05, 4.69) is 68.5 Å². The van der Waals surface area contributed by atoms with Crippen LogP contribution in [0.25, 0.3) is 0 Å². The summed E-state index contributed by atoms with van der Waals surface area (Å²) in [5.41, 5.74) is 17.8. The van der Waals surface area contributed by atoms with Gasteiger partial charge >= 0.3 is 5.97 Å². The highest BCUT2D eigenvalue weighted by atomic mass is 16.4. The lowest BCUT2D eigenvalue weighted by Gasteiger charge is -2.33. The van der Waals surface area contributed by atoms with Crippen molar-refractivity contribution in [2.45, 2.75) is 255 Å². The number of nitrogens with zero attached hydrogens (tertiary/aromatic N) is 5. The number of phenols is 1. The second kappa shape index (κ2) is 48.3. The summed E-state index contributed by atoms with van der Waals surface area (Å²) in [4.78, 5) is 263. The standard InChI is InChI=1S/C84H124N20O22/c1-9-47(8)69(80(121)94-55(37-50-39-88-43-90-50)71(112)93-56(38-66(87)109)72(113)98-60(42-106)74(115)95-57(34-45(4)5)81(122)103-31-15-21-63(103)76(117)91-53(84(125)126)27-28-65(86)108)100-78(119)62-20-13-29-101(62)67(110)40-89-75(116)61-19-14-30-102(61)82(123)58(35-48-17-11-10-12-18-48)96-77(118)64-22-16-32-104(64)83(124)59(36-49-23-25-51(107)26-24-49)97-79(120)68(46(6)7)99-73(114)54(33-44(2)3)92-70(111)52(85)41-105/h10-12,17-18,23-26,39,43-47,52-64,68-69,105-107H,9,13-16,19-22,27-38,40-42,85H2,1-8H3,(H2,86,108)(H2,87,109)(H,88,90)(H,89,116)(H,91,117)(H,92,111)(H,93,112)(H,94,121)(H,95,115)(H,96,118)(H,97,120)(H,98,113)(H,99,114)(H,100,119)(H,125,126)/t47-,52-,53-,54-,55-,56-,57-,58-,59-,60-,61-,62-,63-,64-,68-,69-/m0/s1. The Bertz CT molecular complexity index is 4330. The third-order valence-corrected chi connectivity index (χ3v) is 22.7. The first-order valence-corrected chi connectivity index (χ1v) is 42.8. The van der Waals surface area contributed by atoms with E-state index in [1.807, 2.05) is 13.8 Å². The molecule has 1 aromatic heterocycles. The first-order chi connectivity index (χ1) is 59.7. The van der Waals surface area contributed by atoms with Gasteiger partial charge in [-0.15, -0.1) is 0 Å². The van der Waals surface area contributed by atoms with Crippen LogP contribution in [0.4, 0.5) is 0 Å². The smallest absolute Gasteiger partial charge is 0.326 e. The van der Waals surface area contributed by atoms with Gasteiger partial charge in [0.25, 0.3) is 0 Å². The van der Waals surface area contributed by atoms with E-state index >= 15 is 9.59 Å². The molecule has 3 aromatic rings. The van der Waals surface area contributed by atoms with E-state index in [1.165, 1.54) is 39.4 Å². The summed E-state index contributed by atoms with van der Waals surface area (Å²) >= 11 is 0. The van der Waals surface area contributed by atoms with Gasteiger partial charge in [-0.1, -0.05) is 104 Å². The van der Waals surface area contributed by atoms with Crippen molar-refractivity contribution in [1.82, 2.24) is 88.1 Å². The molecule has 42 nitrogen and oxygen atoms in total. The molecular formula is C84H124N20O22. The maximum atomic E-state index is 15.1. The molecular weight excluding hydrogens is 1640 g/mol. The number of aromatic hydroxyl groups is 1. The van der Waals surface area contributed by atoms with E-state index in [0.717, 1.165) is 4.90 Å². The Hall–Kier alpha value is -12.2. The lowest BCUT2D eigenvalue weighted by Crippen LogP contribution is -2.61. The number of imidazole rings is 1. The number of carbonyl (C=O) groups is 18. The molecule has 0 spiro atoms. The zero-order valence-electron chi connectivity index (χ0n) is 72.4. The number of aliphatic hydroxyl groups excluding tert-OH is 2. The molecule has 16 atom stereocenters. The normalized spacial score (nSPS) is 19.1. The number of carboxylic acid groups (broad SMARTS) is 1. The van der Waals surface area contributed by atoms with Gasteiger partial charge in [0.05, 0.1) is 38.2 Å². The van der Waals surface area contributed by atoms with Crippen LogP contribution in [-0.4, -0.2) is 293 Å². The molecule has 42 heteroatoms. The zero-order chi connectivity index (χ0) is 92.9. The van der Waals surface area contributed by atoms with Gasteiger partial charge in [0.2, 0.25) is 100 Å². The zero-order valence-corrected chi connectivity index (χ0v) is 72.4. The molecule has 17 amide bonds. The number of nitrogens with two attached hydrogens (primary N) is 3. The second-order valence-electron chi connectivity index (χ2n) is 33.7. The summed E-state index contributed by atoms with van der Waals surface area (Å²) in [6, 6.07) is -6.29. The molecule has 0 bridgehead atoms. The third kappa shape index (κ3) is 29.2. The quantitative estimate of drug-likeness (QED) is 0.0253. The highest BCUT2D eigenvalue weighted by molar-refractivity contribution is 6.02. The lowest BCUT2D eigenvalue weighted by molar-refractivity contribution is -0.145. The van der Waals surface area contributed by atoms with Gasteiger partial charge in [-0.05, 0) is 118 Å². The van der Waals surface area contributed by atoms with E-state index in [4.69, 9.17) is 17.2 Å². The van der Waals surface area contributed by atoms with Crippen LogP contribution >= 0.6 is 0 Å². The predicted octanol–water partition coefficient (Wildman–Crippen LogP) is -4.60. The van der Waals surface area contributed by atoms with E-state index in [9.17, 15) is 97.1 Å². The Labute approximate surface area is 729 Å². The highest BCUT2D eigenvalue weighted by Crippen LogP contribution is 2.27. The summed E-state index contributed by atoms with van der Waals surface area (Å²) in [5.74, 6) is -17.6. The number of hydrogen-bond donors (Lipinski definition) is 19. The summed E-state index contributed by atoms with van der Waals surface area (Å²) in [6.07, 6.45) is 2.65. The van der Waals surface area contributed by atoms with Crippen LogP contribution in [0, 0.1) is 23.7 Å². The number of phenolic OH excluding ortho intramolecular Hbond substituents is 1. The Morgan fingerprint density at radius 2 is 0.913 bits per heavy atom. The number of rotatable bonds is 47. The molecule has 0 unspecified atom stereocenters. The molecule has 4 aliphatic rings. The van der Waals surface area contributed by atoms with Gasteiger partial charge in [0, 0.05) is 58.1 Å². The van der Waals surface area contributed by atoms with Crippen LogP contribution in [-0.2, 0) is 106 Å². The molecule has 5 heterocycles. The average Bonchev–Trinajstić information content (AvgIpc) is 1.72. The number of likely N-dealkylation sites (tertiary alicyclic amines) is 4. The Morgan fingerprint density at radius 3 is 1.42 bits per heavy atom. The minimum absolute atomic E-state index is 0.0195. The summed E-state index contributed by atoms with van der Waals surface area (Å²) in [6.45, 7) is 11.5. The fourth-order valence-corrected chi connectivity index (χ4v) is 15.7.